The van der Waals surface area contributed by atoms with Crippen molar-refractivity contribution in [2.24, 2.45) is 0 Å². The first-order valence-corrected chi connectivity index (χ1v) is 10.3. The van der Waals surface area contributed by atoms with Crippen molar-refractivity contribution >= 4 is 16.8 Å². The fourth-order valence-corrected chi connectivity index (χ4v) is 4.68. The van der Waals surface area contributed by atoms with E-state index in [2.05, 4.69) is 59.2 Å². The lowest BCUT2D eigenvalue weighted by Gasteiger charge is -2.36. The van der Waals surface area contributed by atoms with Gasteiger partial charge in [0.05, 0.1) is 0 Å². The molecular formula is C23H30N2O. The number of likely N-dealkylation sites (tertiary alicyclic amines) is 2. The molecule has 0 radical (unpaired) electrons. The molecule has 138 valence electrons. The van der Waals surface area contributed by atoms with Crippen LogP contribution in [0.1, 0.15) is 51.0 Å². The third kappa shape index (κ3) is 3.58. The predicted molar refractivity (Wildman–Crippen MR) is 107 cm³/mol. The van der Waals surface area contributed by atoms with E-state index in [0.29, 0.717) is 18.1 Å². The highest BCUT2D eigenvalue weighted by atomic mass is 16.2. The van der Waals surface area contributed by atoms with E-state index < -0.39 is 0 Å². The Labute approximate surface area is 157 Å². The highest BCUT2D eigenvalue weighted by Crippen LogP contribution is 2.29. The number of aryl methyl sites for hydroxylation is 1. The summed E-state index contributed by atoms with van der Waals surface area (Å²) < 4.78 is 0. The molecule has 2 heterocycles. The molecule has 4 rings (SSSR count). The third-order valence-electron chi connectivity index (χ3n) is 6.21. The van der Waals surface area contributed by atoms with Gasteiger partial charge in [-0.05, 0) is 68.2 Å². The second-order valence-corrected chi connectivity index (χ2v) is 8.04. The van der Waals surface area contributed by atoms with Crippen molar-refractivity contribution in [1.82, 2.24) is 9.80 Å². The smallest absolute Gasteiger partial charge is 0.320 e. The van der Waals surface area contributed by atoms with Gasteiger partial charge in [0.1, 0.15) is 0 Å². The van der Waals surface area contributed by atoms with Gasteiger partial charge < -0.3 is 9.80 Å². The molecule has 2 atom stereocenters. The molecule has 2 fully saturated rings. The Morgan fingerprint density at radius 1 is 1.00 bits per heavy atom. The number of urea groups is 1. The fraction of sp³-hybridized carbons (Fsp3) is 0.522. The summed E-state index contributed by atoms with van der Waals surface area (Å²) >= 11 is 0. The lowest BCUT2D eigenvalue weighted by molar-refractivity contribution is 0.124. The van der Waals surface area contributed by atoms with E-state index >= 15 is 0 Å². The first kappa shape index (κ1) is 17.4. The second kappa shape index (κ2) is 7.69. The quantitative estimate of drug-likeness (QED) is 0.743. The number of hydrogen-bond acceptors (Lipinski definition) is 1. The van der Waals surface area contributed by atoms with Crippen LogP contribution in [0.4, 0.5) is 4.79 Å². The van der Waals surface area contributed by atoms with Crippen molar-refractivity contribution in [2.45, 2.75) is 64.0 Å². The average Bonchev–Trinajstić information content (AvgIpc) is 3.06. The summed E-state index contributed by atoms with van der Waals surface area (Å²) in [7, 11) is 0. The predicted octanol–water partition coefficient (Wildman–Crippen LogP) is 5.23. The van der Waals surface area contributed by atoms with Crippen LogP contribution in [0.5, 0.6) is 0 Å². The molecule has 0 spiro atoms. The first-order valence-electron chi connectivity index (χ1n) is 10.3. The van der Waals surface area contributed by atoms with E-state index in [1.807, 2.05) is 0 Å². The molecule has 0 bridgehead atoms. The van der Waals surface area contributed by atoms with Crippen LogP contribution < -0.4 is 0 Å². The van der Waals surface area contributed by atoms with Gasteiger partial charge in [0.2, 0.25) is 0 Å². The minimum absolute atomic E-state index is 0.290. The first-order chi connectivity index (χ1) is 12.7. The van der Waals surface area contributed by atoms with Crippen molar-refractivity contribution in [3.05, 3.63) is 48.0 Å². The van der Waals surface area contributed by atoms with Crippen LogP contribution in [-0.2, 0) is 6.42 Å². The van der Waals surface area contributed by atoms with Crippen LogP contribution in [0, 0.1) is 0 Å². The number of nitrogens with zero attached hydrogens (tertiary/aromatic N) is 2. The van der Waals surface area contributed by atoms with Crippen molar-refractivity contribution < 1.29 is 4.79 Å². The van der Waals surface area contributed by atoms with E-state index in [-0.39, 0.29) is 0 Å². The molecular weight excluding hydrogens is 320 g/mol. The topological polar surface area (TPSA) is 23.6 Å². The Bertz CT molecular complexity index is 766. The van der Waals surface area contributed by atoms with E-state index in [1.54, 1.807) is 0 Å². The lowest BCUT2D eigenvalue weighted by atomic mass is 10.0. The van der Waals surface area contributed by atoms with Crippen LogP contribution in [0.2, 0.25) is 0 Å². The monoisotopic (exact) mass is 350 g/mol. The summed E-state index contributed by atoms with van der Waals surface area (Å²) in [4.78, 5) is 17.4. The van der Waals surface area contributed by atoms with Gasteiger partial charge in [-0.3, -0.25) is 0 Å². The number of carbonyl (C=O) groups excluding carboxylic acids is 1. The molecule has 0 saturated carbocycles. The highest BCUT2D eigenvalue weighted by molar-refractivity contribution is 5.83. The van der Waals surface area contributed by atoms with Crippen LogP contribution >= 0.6 is 0 Å². The van der Waals surface area contributed by atoms with Gasteiger partial charge in [-0.15, -0.1) is 0 Å². The van der Waals surface area contributed by atoms with E-state index in [0.717, 1.165) is 51.6 Å². The summed E-state index contributed by atoms with van der Waals surface area (Å²) in [5.41, 5.74) is 1.38. The molecule has 0 unspecified atom stereocenters. The number of hydrogen-bond donors (Lipinski definition) is 0. The number of amides is 2. The average molecular weight is 351 g/mol. The van der Waals surface area contributed by atoms with Crippen LogP contribution in [-0.4, -0.2) is 41.0 Å². The second-order valence-electron chi connectivity index (χ2n) is 8.04. The molecule has 2 aromatic carbocycles. The molecule has 2 aliphatic rings. The number of benzene rings is 2. The van der Waals surface area contributed by atoms with Crippen LogP contribution in [0.15, 0.2) is 42.5 Å². The molecule has 0 aliphatic carbocycles. The van der Waals surface area contributed by atoms with Crippen molar-refractivity contribution in [3.63, 3.8) is 0 Å². The minimum Gasteiger partial charge on any atom is -0.325 e. The van der Waals surface area contributed by atoms with Gasteiger partial charge in [-0.1, -0.05) is 42.5 Å². The number of carbonyl (C=O) groups is 1. The molecule has 2 aromatic rings. The maximum atomic E-state index is 13.1. The molecule has 0 aromatic heterocycles. The van der Waals surface area contributed by atoms with Gasteiger partial charge in [-0.2, -0.15) is 0 Å². The van der Waals surface area contributed by atoms with Gasteiger partial charge >= 0.3 is 6.03 Å². The zero-order chi connectivity index (χ0) is 17.9. The molecule has 3 heteroatoms. The molecule has 2 aliphatic heterocycles. The van der Waals surface area contributed by atoms with Crippen molar-refractivity contribution in [2.75, 3.05) is 13.1 Å². The summed E-state index contributed by atoms with van der Waals surface area (Å²) in [6.07, 6.45) is 8.00. The van der Waals surface area contributed by atoms with Gasteiger partial charge in [0.15, 0.2) is 0 Å². The molecule has 3 nitrogen and oxygen atoms in total. The van der Waals surface area contributed by atoms with E-state index in [9.17, 15) is 4.79 Å². The SMILES string of the molecule is C[C@@H]1CC[C@H](CCc2ccc3ccccc3c2)N1C(=O)N1CCCCC1. The maximum absolute atomic E-state index is 13.1. The maximum Gasteiger partial charge on any atom is 0.320 e. The molecule has 2 amide bonds. The summed E-state index contributed by atoms with van der Waals surface area (Å²) in [6.45, 7) is 4.11. The lowest BCUT2D eigenvalue weighted by Crippen LogP contribution is -2.49. The Morgan fingerprint density at radius 2 is 1.77 bits per heavy atom. The van der Waals surface area contributed by atoms with Crippen molar-refractivity contribution in [1.29, 1.82) is 0 Å². The van der Waals surface area contributed by atoms with Gasteiger partial charge in [0.25, 0.3) is 0 Å². The van der Waals surface area contributed by atoms with E-state index in [4.69, 9.17) is 0 Å². The van der Waals surface area contributed by atoms with Crippen LogP contribution in [0.3, 0.4) is 0 Å². The van der Waals surface area contributed by atoms with Gasteiger partial charge in [0, 0.05) is 25.2 Å². The van der Waals surface area contributed by atoms with Crippen molar-refractivity contribution in [3.8, 4) is 0 Å². The largest absolute Gasteiger partial charge is 0.325 e. The number of piperidine rings is 1. The zero-order valence-corrected chi connectivity index (χ0v) is 15.9. The summed E-state index contributed by atoms with van der Waals surface area (Å²) in [5, 5.41) is 2.61. The fourth-order valence-electron chi connectivity index (χ4n) is 4.68. The van der Waals surface area contributed by atoms with Gasteiger partial charge in [-0.25, -0.2) is 4.79 Å². The Hall–Kier alpha value is -2.03. The molecule has 26 heavy (non-hydrogen) atoms. The minimum atomic E-state index is 0.290. The number of rotatable bonds is 3. The standard InChI is InChI=1S/C23H30N2O/c1-18-9-13-22(25(18)23(26)24-15-5-2-6-16-24)14-11-19-10-12-20-7-3-4-8-21(20)17-19/h3-4,7-8,10,12,17-18,22H,2,5-6,9,11,13-16H2,1H3/t18-,22-/m1/s1. The number of fused-ring (bicyclic) bond motifs is 1. The van der Waals surface area contributed by atoms with Crippen LogP contribution in [0.25, 0.3) is 10.8 Å². The zero-order valence-electron chi connectivity index (χ0n) is 15.9. The Kier molecular flexibility index (Phi) is 5.14. The van der Waals surface area contributed by atoms with E-state index in [1.165, 1.54) is 22.8 Å². The highest BCUT2D eigenvalue weighted by Gasteiger charge is 2.36. The summed E-state index contributed by atoms with van der Waals surface area (Å²) in [5.74, 6) is 0. The normalized spacial score (nSPS) is 23.6. The molecule has 2 saturated heterocycles. The summed E-state index contributed by atoms with van der Waals surface area (Å²) in [6, 6.07) is 16.4. The Morgan fingerprint density at radius 3 is 2.58 bits per heavy atom. The third-order valence-corrected chi connectivity index (χ3v) is 6.21. The molecule has 0 N–H and O–H groups in total. The Balaban J connectivity index is 1.43.